The molecule has 3 heterocycles. The molecule has 3 aliphatic rings. The van der Waals surface area contributed by atoms with Gasteiger partial charge in [-0.15, -0.1) is 0 Å². The quantitative estimate of drug-likeness (QED) is 0.727. The number of piperazine rings is 1. The minimum atomic E-state index is -1.23. The van der Waals surface area contributed by atoms with Crippen LogP contribution in [0.15, 0.2) is 58.7 Å². The smallest absolute Gasteiger partial charge is 0.240 e. The summed E-state index contributed by atoms with van der Waals surface area (Å²) in [5.74, 6) is 0.910. The SMILES string of the molecule is [O-][S+](c1ccc(-c2cccnc2)cc1)N1CCN=C1N1CCN(C2CCC2)CC1. The van der Waals surface area contributed by atoms with Crippen molar-refractivity contribution in [2.45, 2.75) is 30.2 Å². The number of hydrogen-bond acceptors (Lipinski definition) is 6. The summed E-state index contributed by atoms with van der Waals surface area (Å²) in [6.07, 6.45) is 7.70. The molecule has 1 unspecified atom stereocenters. The van der Waals surface area contributed by atoms with Gasteiger partial charge in [0.25, 0.3) is 0 Å². The zero-order chi connectivity index (χ0) is 19.6. The molecular formula is C22H27N5OS. The standard InChI is InChI=1S/C22H27N5OS/c28-29(21-8-6-18(7-9-21)19-3-2-10-23-17-19)27-12-11-24-22(27)26-15-13-25(14-16-26)20-4-1-5-20/h2-3,6-10,17,20H,1,4-5,11-16H2. The van der Waals surface area contributed by atoms with Crippen molar-refractivity contribution in [1.82, 2.24) is 19.1 Å². The average Bonchev–Trinajstić information content (AvgIpc) is 3.23. The van der Waals surface area contributed by atoms with E-state index in [4.69, 9.17) is 4.99 Å². The first-order valence-corrected chi connectivity index (χ1v) is 11.6. The van der Waals surface area contributed by atoms with Gasteiger partial charge in [-0.3, -0.25) is 9.88 Å². The number of benzene rings is 1. The van der Waals surface area contributed by atoms with Crippen molar-refractivity contribution < 1.29 is 4.55 Å². The van der Waals surface area contributed by atoms with Crippen molar-refractivity contribution in [3.05, 3.63) is 48.8 Å². The summed E-state index contributed by atoms with van der Waals surface area (Å²) in [4.78, 5) is 14.6. The van der Waals surface area contributed by atoms with Gasteiger partial charge in [-0.2, -0.15) is 4.31 Å². The predicted octanol–water partition coefficient (Wildman–Crippen LogP) is 2.61. The van der Waals surface area contributed by atoms with Crippen molar-refractivity contribution in [3.8, 4) is 11.1 Å². The van der Waals surface area contributed by atoms with Gasteiger partial charge in [0.05, 0.1) is 13.1 Å². The number of nitrogens with zero attached hydrogens (tertiary/aromatic N) is 5. The highest BCUT2D eigenvalue weighted by atomic mass is 32.2. The van der Waals surface area contributed by atoms with Crippen LogP contribution >= 0.6 is 0 Å². The molecule has 7 heteroatoms. The first kappa shape index (κ1) is 18.9. The molecular weight excluding hydrogens is 382 g/mol. The van der Waals surface area contributed by atoms with Crippen LogP contribution in [0.5, 0.6) is 0 Å². The summed E-state index contributed by atoms with van der Waals surface area (Å²) < 4.78 is 15.3. The fourth-order valence-corrected chi connectivity index (χ4v) is 5.49. The lowest BCUT2D eigenvalue weighted by Gasteiger charge is -2.43. The van der Waals surface area contributed by atoms with Gasteiger partial charge in [-0.25, -0.2) is 4.99 Å². The van der Waals surface area contributed by atoms with Crippen LogP contribution < -0.4 is 0 Å². The predicted molar refractivity (Wildman–Crippen MR) is 116 cm³/mol. The number of aliphatic imine (C=N–C) groups is 1. The Morgan fingerprint density at radius 1 is 0.931 bits per heavy atom. The molecule has 2 aliphatic heterocycles. The number of hydrogen-bond donors (Lipinski definition) is 0. The summed E-state index contributed by atoms with van der Waals surface area (Å²) in [5.41, 5.74) is 2.15. The van der Waals surface area contributed by atoms with Crippen LogP contribution in [0, 0.1) is 0 Å². The van der Waals surface area contributed by atoms with Crippen LogP contribution in [-0.2, 0) is 11.4 Å². The zero-order valence-corrected chi connectivity index (χ0v) is 17.4. The van der Waals surface area contributed by atoms with Crippen LogP contribution in [0.3, 0.4) is 0 Å². The van der Waals surface area contributed by atoms with Crippen LogP contribution in [0.4, 0.5) is 0 Å². The van der Waals surface area contributed by atoms with E-state index in [1.165, 1.54) is 19.3 Å². The number of rotatable bonds is 4. The number of pyridine rings is 1. The molecule has 1 aromatic carbocycles. The minimum Gasteiger partial charge on any atom is -0.588 e. The van der Waals surface area contributed by atoms with Crippen LogP contribution in [0.2, 0.25) is 0 Å². The summed E-state index contributed by atoms with van der Waals surface area (Å²) in [6, 6.07) is 12.7. The third-order valence-corrected chi connectivity index (χ3v) is 7.64. The average molecular weight is 410 g/mol. The molecule has 1 saturated heterocycles. The van der Waals surface area contributed by atoms with Gasteiger partial charge >= 0.3 is 0 Å². The Bertz CT molecular complexity index is 847. The van der Waals surface area contributed by atoms with E-state index in [0.29, 0.717) is 0 Å². The monoisotopic (exact) mass is 409 g/mol. The maximum atomic E-state index is 13.3. The lowest BCUT2D eigenvalue weighted by atomic mass is 9.91. The van der Waals surface area contributed by atoms with Crippen molar-refractivity contribution in [2.75, 3.05) is 39.3 Å². The normalized spacial score (nSPS) is 21.8. The fourth-order valence-electron chi connectivity index (χ4n) is 4.30. The molecule has 0 bridgehead atoms. The van der Waals surface area contributed by atoms with Crippen LogP contribution in [-0.4, -0.2) is 74.9 Å². The molecule has 2 aromatic rings. The molecule has 5 rings (SSSR count). The second-order valence-electron chi connectivity index (χ2n) is 7.91. The van der Waals surface area contributed by atoms with Crippen LogP contribution in [0.1, 0.15) is 19.3 Å². The lowest BCUT2D eigenvalue weighted by Crippen LogP contribution is -2.56. The first-order valence-electron chi connectivity index (χ1n) is 10.5. The lowest BCUT2D eigenvalue weighted by molar-refractivity contribution is 0.0833. The highest BCUT2D eigenvalue weighted by molar-refractivity contribution is 7.89. The summed E-state index contributed by atoms with van der Waals surface area (Å²) in [7, 11) is 0. The maximum Gasteiger partial charge on any atom is 0.240 e. The van der Waals surface area contributed by atoms with Gasteiger partial charge in [-0.05, 0) is 54.3 Å². The van der Waals surface area contributed by atoms with Crippen molar-refractivity contribution in [1.29, 1.82) is 0 Å². The Labute approximate surface area is 175 Å². The third-order valence-electron chi connectivity index (χ3n) is 6.22. The summed E-state index contributed by atoms with van der Waals surface area (Å²) in [6.45, 7) is 5.56. The van der Waals surface area contributed by atoms with Gasteiger partial charge in [-0.1, -0.05) is 12.5 Å². The van der Waals surface area contributed by atoms with E-state index in [1.54, 1.807) is 6.20 Å². The topological polar surface area (TPSA) is 58.0 Å². The van der Waals surface area contributed by atoms with E-state index in [2.05, 4.69) is 14.8 Å². The zero-order valence-electron chi connectivity index (χ0n) is 16.6. The van der Waals surface area contributed by atoms with E-state index >= 15 is 0 Å². The molecule has 29 heavy (non-hydrogen) atoms. The van der Waals surface area contributed by atoms with Gasteiger partial charge in [0, 0.05) is 44.6 Å². The molecule has 2 fully saturated rings. The Balaban J connectivity index is 1.25. The van der Waals surface area contributed by atoms with E-state index in [9.17, 15) is 4.55 Å². The first-order chi connectivity index (χ1) is 14.3. The molecule has 152 valence electrons. The Morgan fingerprint density at radius 3 is 2.38 bits per heavy atom. The Hall–Kier alpha value is -2.09. The van der Waals surface area contributed by atoms with Gasteiger partial charge in [0.2, 0.25) is 5.96 Å². The molecule has 6 nitrogen and oxygen atoms in total. The van der Waals surface area contributed by atoms with E-state index in [0.717, 1.165) is 67.3 Å². The van der Waals surface area contributed by atoms with Crippen molar-refractivity contribution >= 4 is 17.3 Å². The molecule has 1 aliphatic carbocycles. The molecule has 0 N–H and O–H groups in total. The summed E-state index contributed by atoms with van der Waals surface area (Å²) >= 11 is -1.23. The third kappa shape index (κ3) is 3.86. The number of guanidine groups is 1. The molecule has 0 radical (unpaired) electrons. The maximum absolute atomic E-state index is 13.3. The van der Waals surface area contributed by atoms with Crippen LogP contribution in [0.25, 0.3) is 11.1 Å². The molecule has 0 amide bonds. The largest absolute Gasteiger partial charge is 0.588 e. The van der Waals surface area contributed by atoms with Gasteiger partial charge in [0.1, 0.15) is 11.4 Å². The summed E-state index contributed by atoms with van der Waals surface area (Å²) in [5, 5.41) is 0. The van der Waals surface area contributed by atoms with E-state index < -0.39 is 11.4 Å². The van der Waals surface area contributed by atoms with E-state index in [1.807, 2.05) is 46.9 Å². The van der Waals surface area contributed by atoms with Crippen molar-refractivity contribution in [3.63, 3.8) is 0 Å². The second-order valence-corrected chi connectivity index (χ2v) is 9.32. The van der Waals surface area contributed by atoms with Gasteiger partial charge in [0.15, 0.2) is 4.90 Å². The highest BCUT2D eigenvalue weighted by Crippen LogP contribution is 2.27. The molecule has 1 saturated carbocycles. The second kappa shape index (κ2) is 8.34. The Morgan fingerprint density at radius 2 is 1.72 bits per heavy atom. The fraction of sp³-hybridized carbons (Fsp3) is 0.455. The van der Waals surface area contributed by atoms with Gasteiger partial charge < -0.3 is 9.45 Å². The molecule has 1 atom stereocenters. The van der Waals surface area contributed by atoms with Crippen molar-refractivity contribution in [2.24, 2.45) is 4.99 Å². The Kier molecular flexibility index (Phi) is 5.44. The highest BCUT2D eigenvalue weighted by Gasteiger charge is 2.36. The number of aromatic nitrogens is 1. The van der Waals surface area contributed by atoms with E-state index in [-0.39, 0.29) is 0 Å². The molecule has 0 spiro atoms. The molecule has 1 aromatic heterocycles. The minimum absolute atomic E-state index is 0.717.